The molecule has 0 aliphatic carbocycles. The van der Waals surface area contributed by atoms with E-state index in [0.29, 0.717) is 16.3 Å². The second-order valence-electron chi connectivity index (χ2n) is 5.23. The minimum absolute atomic E-state index is 0.0203. The Hall–Kier alpha value is -2.60. The Morgan fingerprint density at radius 3 is 2.64 bits per heavy atom. The number of halogens is 2. The zero-order valence-corrected chi connectivity index (χ0v) is 14.5. The lowest BCUT2D eigenvalue weighted by Gasteiger charge is -2.14. The minimum atomic E-state index is -1.09. The van der Waals surface area contributed by atoms with E-state index in [-0.39, 0.29) is 12.1 Å². The fraction of sp³-hybridized carbons (Fsp3) is 0.222. The lowest BCUT2D eigenvalue weighted by molar-refractivity contribution is -0.152. The van der Waals surface area contributed by atoms with E-state index in [1.807, 2.05) is 0 Å². The van der Waals surface area contributed by atoms with Gasteiger partial charge in [-0.2, -0.15) is 0 Å². The maximum atomic E-state index is 13.5. The molecular weight excluding hydrogens is 349 g/mol. The van der Waals surface area contributed by atoms with Crippen LogP contribution < -0.4 is 10.1 Å². The topological polar surface area (TPSA) is 64.6 Å². The van der Waals surface area contributed by atoms with Crippen LogP contribution in [0.1, 0.15) is 12.5 Å². The van der Waals surface area contributed by atoms with Crippen molar-refractivity contribution in [1.29, 1.82) is 0 Å². The molecule has 2 rings (SSSR count). The summed E-state index contributed by atoms with van der Waals surface area (Å²) < 4.78 is 23.8. The largest absolute Gasteiger partial charge is 0.496 e. The molecule has 1 amide bonds. The average molecular weight is 366 g/mol. The number of ether oxygens (including phenoxy) is 2. The fourth-order valence-electron chi connectivity index (χ4n) is 2.13. The van der Waals surface area contributed by atoms with Gasteiger partial charge < -0.3 is 14.8 Å². The van der Waals surface area contributed by atoms with Crippen molar-refractivity contribution in [2.45, 2.75) is 19.4 Å². The van der Waals surface area contributed by atoms with Crippen molar-refractivity contribution in [2.75, 3.05) is 12.4 Å². The Balaban J connectivity index is 1.97. The monoisotopic (exact) mass is 365 g/mol. The van der Waals surface area contributed by atoms with E-state index in [4.69, 9.17) is 21.1 Å². The van der Waals surface area contributed by atoms with Crippen LogP contribution in [0.3, 0.4) is 0 Å². The van der Waals surface area contributed by atoms with Gasteiger partial charge in [0.15, 0.2) is 6.10 Å². The van der Waals surface area contributed by atoms with Crippen molar-refractivity contribution in [3.63, 3.8) is 0 Å². The highest BCUT2D eigenvalue weighted by Gasteiger charge is 2.20. The number of carbonyl (C=O) groups is 2. The average Bonchev–Trinajstić information content (AvgIpc) is 2.57. The third-order valence-electron chi connectivity index (χ3n) is 3.39. The van der Waals surface area contributed by atoms with Gasteiger partial charge in [0.05, 0.1) is 19.2 Å². The van der Waals surface area contributed by atoms with E-state index in [2.05, 4.69) is 5.32 Å². The first kappa shape index (κ1) is 18.7. The third-order valence-corrected chi connectivity index (χ3v) is 3.62. The molecule has 0 spiro atoms. The SMILES string of the molecule is COc1ccc(Cl)cc1CC(=O)O[C@H](C)C(=O)Nc1ccccc1F. The lowest BCUT2D eigenvalue weighted by atomic mass is 10.1. The molecule has 0 saturated heterocycles. The molecule has 25 heavy (non-hydrogen) atoms. The molecular formula is C18H17ClFNO4. The van der Waals surface area contributed by atoms with Gasteiger partial charge in [-0.05, 0) is 37.3 Å². The van der Waals surface area contributed by atoms with Crippen molar-refractivity contribution in [1.82, 2.24) is 0 Å². The summed E-state index contributed by atoms with van der Waals surface area (Å²) in [6.45, 7) is 1.41. The third kappa shape index (κ3) is 5.19. The summed E-state index contributed by atoms with van der Waals surface area (Å²) >= 11 is 5.91. The van der Waals surface area contributed by atoms with E-state index in [9.17, 15) is 14.0 Å². The molecule has 2 aromatic rings. The van der Waals surface area contributed by atoms with Crippen LogP contribution in [0.5, 0.6) is 5.75 Å². The molecule has 7 heteroatoms. The first-order chi connectivity index (χ1) is 11.9. The number of anilines is 1. The summed E-state index contributed by atoms with van der Waals surface area (Å²) in [6, 6.07) is 10.6. The molecule has 0 bridgehead atoms. The van der Waals surface area contributed by atoms with Gasteiger partial charge in [0.25, 0.3) is 5.91 Å². The van der Waals surface area contributed by atoms with Crippen LogP contribution in [0.2, 0.25) is 5.02 Å². The van der Waals surface area contributed by atoms with E-state index in [1.165, 1.54) is 32.2 Å². The Morgan fingerprint density at radius 1 is 1.24 bits per heavy atom. The molecule has 132 valence electrons. The number of benzene rings is 2. The van der Waals surface area contributed by atoms with Crippen LogP contribution in [0.25, 0.3) is 0 Å². The number of hydrogen-bond acceptors (Lipinski definition) is 4. The van der Waals surface area contributed by atoms with Gasteiger partial charge in [0, 0.05) is 10.6 Å². The van der Waals surface area contributed by atoms with Crippen LogP contribution in [0.15, 0.2) is 42.5 Å². The highest BCUT2D eigenvalue weighted by Crippen LogP contribution is 2.23. The molecule has 5 nitrogen and oxygen atoms in total. The maximum Gasteiger partial charge on any atom is 0.311 e. The van der Waals surface area contributed by atoms with Crippen LogP contribution in [0, 0.1) is 5.82 Å². The molecule has 0 fully saturated rings. The van der Waals surface area contributed by atoms with Gasteiger partial charge in [0.1, 0.15) is 11.6 Å². The number of para-hydroxylation sites is 1. The molecule has 0 aliphatic rings. The summed E-state index contributed by atoms with van der Waals surface area (Å²) in [5, 5.41) is 2.83. The van der Waals surface area contributed by atoms with Gasteiger partial charge in [0.2, 0.25) is 0 Å². The molecule has 0 saturated carbocycles. The van der Waals surface area contributed by atoms with Crippen molar-refractivity contribution >= 4 is 29.2 Å². The quantitative estimate of drug-likeness (QED) is 0.794. The molecule has 2 aromatic carbocycles. The highest BCUT2D eigenvalue weighted by atomic mass is 35.5. The van der Waals surface area contributed by atoms with Crippen molar-refractivity contribution in [3.8, 4) is 5.75 Å². The summed E-state index contributed by atoms with van der Waals surface area (Å²) in [6.07, 6.45) is -1.20. The number of methoxy groups -OCH3 is 1. The van der Waals surface area contributed by atoms with Gasteiger partial charge in [-0.3, -0.25) is 9.59 Å². The van der Waals surface area contributed by atoms with Gasteiger partial charge in [-0.25, -0.2) is 4.39 Å². The Morgan fingerprint density at radius 2 is 1.96 bits per heavy atom. The first-order valence-electron chi connectivity index (χ1n) is 7.48. The predicted octanol–water partition coefficient (Wildman–Crippen LogP) is 3.60. The van der Waals surface area contributed by atoms with Crippen molar-refractivity contribution in [3.05, 3.63) is 58.9 Å². The molecule has 0 aliphatic heterocycles. The van der Waals surface area contributed by atoms with Crippen LogP contribution >= 0.6 is 11.6 Å². The Labute approximate surface area is 149 Å². The number of carbonyl (C=O) groups excluding carboxylic acids is 2. The van der Waals surface area contributed by atoms with Gasteiger partial charge in [-0.1, -0.05) is 23.7 Å². The van der Waals surface area contributed by atoms with Gasteiger partial charge in [-0.15, -0.1) is 0 Å². The standard InChI is InChI=1S/C18H17ClFNO4/c1-11(18(23)21-15-6-4-3-5-14(15)20)25-17(22)10-12-9-13(19)7-8-16(12)24-2/h3-9,11H,10H2,1-2H3,(H,21,23)/t11-/m1/s1. The summed E-state index contributed by atoms with van der Waals surface area (Å²) in [5.74, 6) is -1.34. The van der Waals surface area contributed by atoms with Crippen LogP contribution in [-0.4, -0.2) is 25.1 Å². The molecule has 1 atom stereocenters. The molecule has 0 radical (unpaired) electrons. The summed E-state index contributed by atoms with van der Waals surface area (Å²) in [7, 11) is 1.47. The number of esters is 1. The minimum Gasteiger partial charge on any atom is -0.496 e. The number of amides is 1. The number of hydrogen-bond donors (Lipinski definition) is 1. The Kier molecular flexibility index (Phi) is 6.36. The zero-order valence-electron chi connectivity index (χ0n) is 13.7. The zero-order chi connectivity index (χ0) is 18.4. The van der Waals surface area contributed by atoms with E-state index < -0.39 is 23.8 Å². The second-order valence-corrected chi connectivity index (χ2v) is 5.67. The number of nitrogens with one attached hydrogen (secondary N) is 1. The smallest absolute Gasteiger partial charge is 0.311 e. The lowest BCUT2D eigenvalue weighted by Crippen LogP contribution is -2.30. The molecule has 1 N–H and O–H groups in total. The Bertz CT molecular complexity index is 781. The number of rotatable bonds is 6. The van der Waals surface area contributed by atoms with Crippen molar-refractivity contribution < 1.29 is 23.5 Å². The summed E-state index contributed by atoms with van der Waals surface area (Å²) in [4.78, 5) is 24.1. The fourth-order valence-corrected chi connectivity index (χ4v) is 2.32. The second kappa shape index (κ2) is 8.48. The van der Waals surface area contributed by atoms with Crippen LogP contribution in [0.4, 0.5) is 10.1 Å². The normalized spacial score (nSPS) is 11.5. The van der Waals surface area contributed by atoms with E-state index in [1.54, 1.807) is 24.3 Å². The highest BCUT2D eigenvalue weighted by molar-refractivity contribution is 6.30. The maximum absolute atomic E-state index is 13.5. The summed E-state index contributed by atoms with van der Waals surface area (Å²) in [5.41, 5.74) is 0.564. The molecule has 0 aromatic heterocycles. The van der Waals surface area contributed by atoms with Gasteiger partial charge >= 0.3 is 5.97 Å². The van der Waals surface area contributed by atoms with Crippen molar-refractivity contribution in [2.24, 2.45) is 0 Å². The predicted molar refractivity (Wildman–Crippen MR) is 92.3 cm³/mol. The first-order valence-corrected chi connectivity index (χ1v) is 7.85. The van der Waals surface area contributed by atoms with E-state index in [0.717, 1.165) is 0 Å². The molecule has 0 unspecified atom stereocenters. The van der Waals surface area contributed by atoms with E-state index >= 15 is 0 Å². The molecule has 0 heterocycles. The van der Waals surface area contributed by atoms with Crippen LogP contribution in [-0.2, 0) is 20.7 Å².